The van der Waals surface area contributed by atoms with Gasteiger partial charge in [-0.25, -0.2) is 0 Å². The van der Waals surface area contributed by atoms with Gasteiger partial charge in [-0.1, -0.05) is 19.3 Å². The summed E-state index contributed by atoms with van der Waals surface area (Å²) < 4.78 is 10.1. The average molecular weight is 228 g/mol. The summed E-state index contributed by atoms with van der Waals surface area (Å²) in [6.45, 7) is 1.91. The van der Waals surface area contributed by atoms with E-state index in [0.29, 0.717) is 12.8 Å². The van der Waals surface area contributed by atoms with E-state index < -0.39 is 0 Å². The quantitative estimate of drug-likeness (QED) is 0.596. The summed E-state index contributed by atoms with van der Waals surface area (Å²) in [6.07, 6.45) is 5.48. The molecular weight excluding hydrogens is 208 g/mol. The van der Waals surface area contributed by atoms with E-state index in [-0.39, 0.29) is 24.6 Å². The van der Waals surface area contributed by atoms with E-state index in [1.54, 1.807) is 6.92 Å². The molecule has 0 aromatic carbocycles. The number of hydrogen-bond acceptors (Lipinski definition) is 4. The molecule has 1 rings (SSSR count). The van der Waals surface area contributed by atoms with Crippen LogP contribution in [-0.2, 0) is 19.1 Å². The Morgan fingerprint density at radius 1 is 0.938 bits per heavy atom. The predicted octanol–water partition coefficient (Wildman–Crippen LogP) is 2.21. The number of ether oxygens (including phenoxy) is 2. The van der Waals surface area contributed by atoms with Gasteiger partial charge in [0.15, 0.2) is 0 Å². The van der Waals surface area contributed by atoms with Crippen LogP contribution in [0, 0.1) is 0 Å². The van der Waals surface area contributed by atoms with Gasteiger partial charge in [-0.3, -0.25) is 9.59 Å². The van der Waals surface area contributed by atoms with Crippen molar-refractivity contribution < 1.29 is 19.1 Å². The van der Waals surface area contributed by atoms with E-state index in [9.17, 15) is 9.59 Å². The molecule has 16 heavy (non-hydrogen) atoms. The van der Waals surface area contributed by atoms with Gasteiger partial charge in [0.05, 0.1) is 0 Å². The van der Waals surface area contributed by atoms with Crippen LogP contribution in [0.4, 0.5) is 0 Å². The Morgan fingerprint density at radius 2 is 1.50 bits per heavy atom. The van der Waals surface area contributed by atoms with Gasteiger partial charge in [-0.05, 0) is 19.8 Å². The molecule has 92 valence electrons. The van der Waals surface area contributed by atoms with Crippen molar-refractivity contribution in [2.45, 2.75) is 58.0 Å². The number of carbonyl (C=O) groups excluding carboxylic acids is 2. The maximum atomic E-state index is 11.3. The molecule has 0 aromatic rings. The highest BCUT2D eigenvalue weighted by Gasteiger charge is 2.12. The third-order valence-corrected chi connectivity index (χ3v) is 2.57. The molecule has 0 N–H and O–H groups in total. The van der Waals surface area contributed by atoms with Crippen LogP contribution in [0.1, 0.15) is 51.9 Å². The summed E-state index contributed by atoms with van der Waals surface area (Å²) in [6, 6.07) is 0. The number of hydrogen-bond donors (Lipinski definition) is 0. The molecule has 1 heterocycles. The second-order valence-corrected chi connectivity index (χ2v) is 4.25. The maximum Gasteiger partial charge on any atom is 0.306 e. The first-order valence-corrected chi connectivity index (χ1v) is 6.03. The fourth-order valence-corrected chi connectivity index (χ4v) is 1.67. The molecule has 1 saturated heterocycles. The van der Waals surface area contributed by atoms with Crippen molar-refractivity contribution in [3.8, 4) is 0 Å². The fraction of sp³-hybridized carbons (Fsp3) is 0.833. The summed E-state index contributed by atoms with van der Waals surface area (Å²) >= 11 is 0. The van der Waals surface area contributed by atoms with Crippen molar-refractivity contribution in [2.24, 2.45) is 0 Å². The minimum Gasteiger partial charge on any atom is -0.462 e. The van der Waals surface area contributed by atoms with Gasteiger partial charge >= 0.3 is 11.9 Å². The Balaban J connectivity index is 2.38. The lowest BCUT2D eigenvalue weighted by atomic mass is 10.1. The highest BCUT2D eigenvalue weighted by atomic mass is 16.6. The zero-order chi connectivity index (χ0) is 11.8. The van der Waals surface area contributed by atoms with E-state index in [0.717, 1.165) is 32.1 Å². The molecule has 4 nitrogen and oxygen atoms in total. The van der Waals surface area contributed by atoms with Gasteiger partial charge in [0, 0.05) is 12.8 Å². The minimum atomic E-state index is -0.336. The van der Waals surface area contributed by atoms with Crippen molar-refractivity contribution >= 4 is 11.9 Å². The lowest BCUT2D eigenvalue weighted by Crippen LogP contribution is -2.22. The molecule has 0 saturated carbocycles. The topological polar surface area (TPSA) is 52.6 Å². The number of carbonyl (C=O) groups is 2. The summed E-state index contributed by atoms with van der Waals surface area (Å²) in [5.41, 5.74) is 0. The van der Waals surface area contributed by atoms with E-state index in [4.69, 9.17) is 9.47 Å². The monoisotopic (exact) mass is 228 g/mol. The Kier molecular flexibility index (Phi) is 5.90. The molecule has 1 fully saturated rings. The average Bonchev–Trinajstić information content (AvgIpc) is 2.25. The highest BCUT2D eigenvalue weighted by molar-refractivity contribution is 5.70. The highest BCUT2D eigenvalue weighted by Crippen LogP contribution is 2.10. The molecule has 1 aliphatic heterocycles. The first-order valence-electron chi connectivity index (χ1n) is 6.03. The Morgan fingerprint density at radius 3 is 2.19 bits per heavy atom. The molecule has 0 amide bonds. The van der Waals surface area contributed by atoms with Gasteiger partial charge in [0.1, 0.15) is 12.7 Å². The number of cyclic esters (lactones) is 2. The molecule has 4 heteroatoms. The number of rotatable bonds is 0. The van der Waals surface area contributed by atoms with E-state index in [2.05, 4.69) is 0 Å². The predicted molar refractivity (Wildman–Crippen MR) is 58.8 cm³/mol. The zero-order valence-electron chi connectivity index (χ0n) is 9.87. The van der Waals surface area contributed by atoms with Crippen LogP contribution >= 0.6 is 0 Å². The maximum absolute atomic E-state index is 11.3. The summed E-state index contributed by atoms with van der Waals surface area (Å²) in [5, 5.41) is 0. The van der Waals surface area contributed by atoms with Crippen molar-refractivity contribution in [1.82, 2.24) is 0 Å². The van der Waals surface area contributed by atoms with Crippen LogP contribution in [0.3, 0.4) is 0 Å². The van der Waals surface area contributed by atoms with Crippen molar-refractivity contribution in [3.63, 3.8) is 0 Å². The standard InChI is InChI=1S/C12H20O4/c1-10-9-15-11(13)7-5-3-2-4-6-8-12(14)16-10/h10H,2-9H2,1H3. The van der Waals surface area contributed by atoms with Crippen LogP contribution in [0.5, 0.6) is 0 Å². The molecule has 0 aliphatic carbocycles. The third-order valence-electron chi connectivity index (χ3n) is 2.57. The van der Waals surface area contributed by atoms with E-state index in [1.165, 1.54) is 0 Å². The van der Waals surface area contributed by atoms with E-state index in [1.807, 2.05) is 0 Å². The molecule has 0 aromatic heterocycles. The van der Waals surface area contributed by atoms with Gasteiger partial charge < -0.3 is 9.47 Å². The van der Waals surface area contributed by atoms with Gasteiger partial charge in [-0.2, -0.15) is 0 Å². The summed E-state index contributed by atoms with van der Waals surface area (Å²) in [5.74, 6) is -0.384. The van der Waals surface area contributed by atoms with E-state index >= 15 is 0 Å². The fourth-order valence-electron chi connectivity index (χ4n) is 1.67. The number of esters is 2. The lowest BCUT2D eigenvalue weighted by molar-refractivity contribution is -0.158. The zero-order valence-corrected chi connectivity index (χ0v) is 9.87. The van der Waals surface area contributed by atoms with Gasteiger partial charge in [0.2, 0.25) is 0 Å². The third kappa shape index (κ3) is 5.73. The van der Waals surface area contributed by atoms with Crippen LogP contribution in [-0.4, -0.2) is 24.6 Å². The first-order chi connectivity index (χ1) is 7.68. The minimum absolute atomic E-state index is 0.171. The second kappa shape index (κ2) is 7.25. The Labute approximate surface area is 96.3 Å². The molecule has 0 bridgehead atoms. The van der Waals surface area contributed by atoms with Gasteiger partial charge in [-0.15, -0.1) is 0 Å². The Bertz CT molecular complexity index is 237. The van der Waals surface area contributed by atoms with Gasteiger partial charge in [0.25, 0.3) is 0 Å². The second-order valence-electron chi connectivity index (χ2n) is 4.25. The molecule has 1 atom stereocenters. The normalized spacial score (nSPS) is 25.7. The molecule has 1 unspecified atom stereocenters. The van der Waals surface area contributed by atoms with Crippen LogP contribution in [0.25, 0.3) is 0 Å². The largest absolute Gasteiger partial charge is 0.462 e. The van der Waals surface area contributed by atoms with Crippen LogP contribution in [0.2, 0.25) is 0 Å². The SMILES string of the molecule is CC1COC(=O)CCCCCCCC(=O)O1. The van der Waals surface area contributed by atoms with Crippen LogP contribution in [0.15, 0.2) is 0 Å². The molecular formula is C12H20O4. The molecule has 0 spiro atoms. The summed E-state index contributed by atoms with van der Waals surface area (Å²) in [4.78, 5) is 22.6. The lowest BCUT2D eigenvalue weighted by Gasteiger charge is -2.13. The van der Waals surface area contributed by atoms with Crippen molar-refractivity contribution in [3.05, 3.63) is 0 Å². The summed E-state index contributed by atoms with van der Waals surface area (Å²) in [7, 11) is 0. The Hall–Kier alpha value is -1.06. The van der Waals surface area contributed by atoms with Crippen molar-refractivity contribution in [2.75, 3.05) is 6.61 Å². The van der Waals surface area contributed by atoms with Crippen molar-refractivity contribution in [1.29, 1.82) is 0 Å². The molecule has 1 aliphatic rings. The first kappa shape index (κ1) is 13.0. The smallest absolute Gasteiger partial charge is 0.306 e. The molecule has 0 radical (unpaired) electrons. The van der Waals surface area contributed by atoms with Crippen LogP contribution < -0.4 is 0 Å².